The molecule has 0 aliphatic carbocycles. The van der Waals surface area contributed by atoms with E-state index in [1.54, 1.807) is 32.3 Å². The topological polar surface area (TPSA) is 86.2 Å². The van der Waals surface area contributed by atoms with Crippen molar-refractivity contribution in [1.82, 2.24) is 29.1 Å². The molecule has 0 unspecified atom stereocenters. The van der Waals surface area contributed by atoms with E-state index in [9.17, 15) is 9.59 Å². The molecule has 1 N–H and O–H groups in total. The van der Waals surface area contributed by atoms with Crippen LogP contribution in [-0.4, -0.2) is 95.8 Å². The minimum absolute atomic E-state index is 0.150. The lowest BCUT2D eigenvalue weighted by Gasteiger charge is -2.32. The number of benzene rings is 1. The molecule has 1 aliphatic heterocycles. The molecule has 212 valence electrons. The van der Waals surface area contributed by atoms with Crippen LogP contribution in [0.2, 0.25) is 0 Å². The summed E-state index contributed by atoms with van der Waals surface area (Å²) in [6, 6.07) is 8.80. The number of carbonyl (C=O) groups excluding carboxylic acids is 2. The van der Waals surface area contributed by atoms with E-state index >= 15 is 0 Å². The predicted molar refractivity (Wildman–Crippen MR) is 158 cm³/mol. The van der Waals surface area contributed by atoms with Crippen molar-refractivity contribution in [2.75, 3.05) is 54.9 Å². The van der Waals surface area contributed by atoms with Crippen LogP contribution in [0.5, 0.6) is 5.75 Å². The monoisotopic (exact) mass is 544 g/mol. The second-order valence-electron chi connectivity index (χ2n) is 11.6. The smallest absolute Gasteiger partial charge is 0.273 e. The largest absolute Gasteiger partial charge is 0.493 e. The molecule has 1 aliphatic rings. The fourth-order valence-electron chi connectivity index (χ4n) is 5.76. The molecule has 1 aromatic carbocycles. The molecule has 0 radical (unpaired) electrons. The summed E-state index contributed by atoms with van der Waals surface area (Å²) in [7, 11) is 8.70. The second kappa shape index (κ2) is 11.0. The Labute approximate surface area is 235 Å². The average Bonchev–Trinajstić information content (AvgIpc) is 3.53. The van der Waals surface area contributed by atoms with Crippen LogP contribution in [-0.2, 0) is 4.79 Å². The third-order valence-corrected chi connectivity index (χ3v) is 8.01. The van der Waals surface area contributed by atoms with Gasteiger partial charge >= 0.3 is 0 Å². The highest BCUT2D eigenvalue weighted by atomic mass is 16.5. The number of hydrogen-bond donors (Lipinski definition) is 1. The molecule has 40 heavy (non-hydrogen) atoms. The normalized spacial score (nSPS) is 14.8. The average molecular weight is 545 g/mol. The maximum absolute atomic E-state index is 12.6. The maximum atomic E-state index is 12.6. The van der Waals surface area contributed by atoms with Gasteiger partial charge in [0.25, 0.3) is 5.91 Å². The zero-order valence-electron chi connectivity index (χ0n) is 24.6. The maximum Gasteiger partial charge on any atom is 0.273 e. The van der Waals surface area contributed by atoms with Crippen molar-refractivity contribution in [2.45, 2.75) is 38.5 Å². The number of nitrogens with one attached hydrogen (secondary N) is 1. The van der Waals surface area contributed by atoms with Gasteiger partial charge in [-0.1, -0.05) is 19.9 Å². The van der Waals surface area contributed by atoms with Crippen LogP contribution in [0.15, 0.2) is 36.7 Å². The van der Waals surface area contributed by atoms with Gasteiger partial charge < -0.3 is 23.9 Å². The quantitative estimate of drug-likeness (QED) is 0.368. The summed E-state index contributed by atoms with van der Waals surface area (Å²) >= 11 is 0. The SMILES string of the molecule is COc1cc(-c2[nH]c3ccc(C4CCN(CC(=O)N(C)C)CC4)cc3c2C(C)C)cn2cc(C(=O)N(C)C)nc12. The van der Waals surface area contributed by atoms with Crippen LogP contribution in [0.4, 0.5) is 0 Å². The Hall–Kier alpha value is -3.85. The number of pyridine rings is 1. The summed E-state index contributed by atoms with van der Waals surface area (Å²) in [4.78, 5) is 38.4. The van der Waals surface area contributed by atoms with Gasteiger partial charge in [-0.15, -0.1) is 0 Å². The molecule has 3 aromatic heterocycles. The van der Waals surface area contributed by atoms with Crippen molar-refractivity contribution < 1.29 is 14.3 Å². The van der Waals surface area contributed by atoms with Gasteiger partial charge in [-0.3, -0.25) is 14.5 Å². The third-order valence-electron chi connectivity index (χ3n) is 8.01. The van der Waals surface area contributed by atoms with Gasteiger partial charge in [-0.2, -0.15) is 0 Å². The fourth-order valence-corrected chi connectivity index (χ4v) is 5.76. The first-order valence-electron chi connectivity index (χ1n) is 13.9. The number of nitrogens with zero attached hydrogens (tertiary/aromatic N) is 5. The van der Waals surface area contributed by atoms with Crippen LogP contribution in [0.1, 0.15) is 60.1 Å². The molecule has 0 spiro atoms. The Morgan fingerprint density at radius 2 is 1.80 bits per heavy atom. The molecule has 4 aromatic rings. The van der Waals surface area contributed by atoms with Gasteiger partial charge in [-0.25, -0.2) is 4.98 Å². The van der Waals surface area contributed by atoms with E-state index in [0.717, 1.165) is 42.7 Å². The minimum Gasteiger partial charge on any atom is -0.493 e. The molecule has 0 saturated carbocycles. The van der Waals surface area contributed by atoms with E-state index in [1.807, 2.05) is 30.8 Å². The number of fused-ring (bicyclic) bond motifs is 2. The standard InChI is InChI=1S/C31H40N6O3/c1-19(2)28-23-14-21(20-10-12-36(13-11-20)18-27(38)34(3)4)8-9-24(23)32-29(28)22-15-26(40-7)30-33-25(17-37(30)16-22)31(39)35(5)6/h8-9,14-17,19-20,32H,10-13,18H2,1-7H3. The van der Waals surface area contributed by atoms with Gasteiger partial charge in [0.2, 0.25) is 5.91 Å². The van der Waals surface area contributed by atoms with Crippen molar-refractivity contribution in [2.24, 2.45) is 0 Å². The van der Waals surface area contributed by atoms with Gasteiger partial charge in [0.1, 0.15) is 5.69 Å². The molecule has 9 heteroatoms. The first-order chi connectivity index (χ1) is 19.1. The highest BCUT2D eigenvalue weighted by Crippen LogP contribution is 2.39. The second-order valence-corrected chi connectivity index (χ2v) is 11.6. The number of ether oxygens (including phenoxy) is 1. The molecule has 1 fully saturated rings. The number of H-pyrrole nitrogens is 1. The minimum atomic E-state index is -0.150. The van der Waals surface area contributed by atoms with Gasteiger partial charge in [0.15, 0.2) is 11.4 Å². The molecule has 9 nitrogen and oxygen atoms in total. The van der Waals surface area contributed by atoms with Crippen molar-refractivity contribution in [3.05, 3.63) is 53.5 Å². The number of aromatic amines is 1. The molecule has 2 amide bonds. The number of methoxy groups -OCH3 is 1. The molecule has 0 bridgehead atoms. The Bertz CT molecular complexity index is 1560. The molecular weight excluding hydrogens is 504 g/mol. The Kier molecular flexibility index (Phi) is 7.59. The summed E-state index contributed by atoms with van der Waals surface area (Å²) in [5, 5.41) is 1.24. The number of carbonyl (C=O) groups is 2. The van der Waals surface area contributed by atoms with Crippen LogP contribution in [0.3, 0.4) is 0 Å². The summed E-state index contributed by atoms with van der Waals surface area (Å²) < 4.78 is 7.59. The van der Waals surface area contributed by atoms with E-state index in [0.29, 0.717) is 29.6 Å². The van der Waals surface area contributed by atoms with E-state index in [-0.39, 0.29) is 17.7 Å². The first-order valence-corrected chi connectivity index (χ1v) is 13.9. The molecule has 4 heterocycles. The summed E-state index contributed by atoms with van der Waals surface area (Å²) in [5.41, 5.74) is 6.73. The highest BCUT2D eigenvalue weighted by molar-refractivity contribution is 5.94. The van der Waals surface area contributed by atoms with Crippen LogP contribution >= 0.6 is 0 Å². The number of rotatable bonds is 7. The number of aromatic nitrogens is 3. The van der Waals surface area contributed by atoms with Crippen LogP contribution in [0.25, 0.3) is 27.8 Å². The summed E-state index contributed by atoms with van der Waals surface area (Å²) in [6.45, 7) is 6.80. The number of amides is 2. The van der Waals surface area contributed by atoms with Crippen LogP contribution in [0, 0.1) is 0 Å². The van der Waals surface area contributed by atoms with Gasteiger partial charge in [-0.05, 0) is 67.1 Å². The zero-order chi connectivity index (χ0) is 28.7. The summed E-state index contributed by atoms with van der Waals surface area (Å²) in [5.74, 6) is 1.39. The first kappa shape index (κ1) is 27.7. The van der Waals surface area contributed by atoms with Crippen molar-refractivity contribution in [3.63, 3.8) is 0 Å². The molecule has 1 saturated heterocycles. The zero-order valence-corrected chi connectivity index (χ0v) is 24.6. The van der Waals surface area contributed by atoms with E-state index in [2.05, 4.69) is 46.9 Å². The Morgan fingerprint density at radius 3 is 2.42 bits per heavy atom. The Morgan fingerprint density at radius 1 is 1.07 bits per heavy atom. The van der Waals surface area contributed by atoms with Crippen molar-refractivity contribution in [3.8, 4) is 17.0 Å². The van der Waals surface area contributed by atoms with Gasteiger partial charge in [0.05, 0.1) is 19.3 Å². The lowest BCUT2D eigenvalue weighted by Crippen LogP contribution is -2.40. The van der Waals surface area contributed by atoms with Gasteiger partial charge in [0, 0.05) is 57.1 Å². The van der Waals surface area contributed by atoms with Crippen molar-refractivity contribution >= 4 is 28.4 Å². The van der Waals surface area contributed by atoms with E-state index < -0.39 is 0 Å². The molecule has 0 atom stereocenters. The molecular formula is C31H40N6O3. The predicted octanol–water partition coefficient (Wildman–Crippen LogP) is 4.58. The molecule has 5 rings (SSSR count). The van der Waals surface area contributed by atoms with E-state index in [4.69, 9.17) is 4.74 Å². The lowest BCUT2D eigenvalue weighted by atomic mass is 9.87. The fraction of sp³-hybridized carbons (Fsp3) is 0.452. The van der Waals surface area contributed by atoms with E-state index in [1.165, 1.54) is 21.4 Å². The van der Waals surface area contributed by atoms with Crippen LogP contribution < -0.4 is 4.74 Å². The summed E-state index contributed by atoms with van der Waals surface area (Å²) in [6.07, 6.45) is 5.86. The number of likely N-dealkylation sites (tertiary alicyclic amines) is 1. The number of hydrogen-bond acceptors (Lipinski definition) is 5. The number of piperidine rings is 1. The number of likely N-dealkylation sites (N-methyl/N-ethyl adjacent to an activating group) is 1. The van der Waals surface area contributed by atoms with Crippen molar-refractivity contribution in [1.29, 1.82) is 0 Å². The Balaban J connectivity index is 1.49. The highest BCUT2D eigenvalue weighted by Gasteiger charge is 2.25. The third kappa shape index (κ3) is 5.18. The lowest BCUT2D eigenvalue weighted by molar-refractivity contribution is -0.130. The number of imidazole rings is 1.